The standard InChI is InChI=1S/C18H15BrN4O/c19-9-5-6-14-12(7-9)18(17(24)22-14)16-11(8-15(20)23-18)10-3-1-2-4-13(10)21-16/h1-7,15,21,23H,8,20H2,(H,22,24). The van der Waals surface area contributed by atoms with E-state index < -0.39 is 5.54 Å². The molecule has 2 aromatic carbocycles. The first-order valence-corrected chi connectivity index (χ1v) is 8.64. The fourth-order valence-corrected chi connectivity index (χ4v) is 4.38. The van der Waals surface area contributed by atoms with E-state index in [2.05, 4.69) is 37.6 Å². The number of hydrogen-bond acceptors (Lipinski definition) is 3. The zero-order valence-electron chi connectivity index (χ0n) is 12.7. The van der Waals surface area contributed by atoms with Gasteiger partial charge in [0.2, 0.25) is 0 Å². The number of halogens is 1. The fraction of sp³-hybridized carbons (Fsp3) is 0.167. The second-order valence-corrected chi connectivity index (χ2v) is 7.29. The summed E-state index contributed by atoms with van der Waals surface area (Å²) in [6, 6.07) is 13.9. The fourth-order valence-electron chi connectivity index (χ4n) is 4.02. The molecule has 0 radical (unpaired) electrons. The molecule has 5 nitrogen and oxygen atoms in total. The maximum atomic E-state index is 13.0. The predicted octanol–water partition coefficient (Wildman–Crippen LogP) is 2.56. The molecule has 5 N–H and O–H groups in total. The van der Waals surface area contributed by atoms with E-state index in [4.69, 9.17) is 5.73 Å². The molecule has 1 aromatic heterocycles. The van der Waals surface area contributed by atoms with Crippen molar-refractivity contribution < 1.29 is 4.79 Å². The van der Waals surface area contributed by atoms with Gasteiger partial charge in [0.05, 0.1) is 11.9 Å². The van der Waals surface area contributed by atoms with Crippen LogP contribution in [0.2, 0.25) is 0 Å². The number of hydrogen-bond donors (Lipinski definition) is 4. The minimum Gasteiger partial charge on any atom is -0.356 e. The third-order valence-corrected chi connectivity index (χ3v) is 5.48. The Bertz CT molecular complexity index is 1010. The average Bonchev–Trinajstić information content (AvgIpc) is 3.06. The Balaban J connectivity index is 1.88. The van der Waals surface area contributed by atoms with Crippen molar-refractivity contribution >= 4 is 38.4 Å². The molecular weight excluding hydrogens is 368 g/mol. The van der Waals surface area contributed by atoms with Crippen molar-refractivity contribution in [2.75, 3.05) is 5.32 Å². The van der Waals surface area contributed by atoms with Crippen molar-refractivity contribution in [3.8, 4) is 0 Å². The first-order chi connectivity index (χ1) is 11.6. The Morgan fingerprint density at radius 1 is 1.21 bits per heavy atom. The van der Waals surface area contributed by atoms with Crippen molar-refractivity contribution in [1.82, 2.24) is 10.3 Å². The number of nitrogens with two attached hydrogens (primary N) is 1. The van der Waals surface area contributed by atoms with E-state index in [1.807, 2.05) is 36.4 Å². The Kier molecular flexibility index (Phi) is 2.78. The van der Waals surface area contributed by atoms with Crippen molar-refractivity contribution in [2.45, 2.75) is 18.1 Å². The molecule has 2 aliphatic heterocycles. The Labute approximate surface area is 146 Å². The van der Waals surface area contributed by atoms with Crippen LogP contribution in [0.5, 0.6) is 0 Å². The number of aromatic nitrogens is 1. The van der Waals surface area contributed by atoms with Crippen LogP contribution in [0, 0.1) is 0 Å². The highest BCUT2D eigenvalue weighted by atomic mass is 79.9. The number of fused-ring (bicyclic) bond motifs is 6. The molecule has 2 unspecified atom stereocenters. The van der Waals surface area contributed by atoms with Crippen molar-refractivity contribution in [1.29, 1.82) is 0 Å². The van der Waals surface area contributed by atoms with Gasteiger partial charge in [-0.15, -0.1) is 0 Å². The van der Waals surface area contributed by atoms with Gasteiger partial charge in [-0.25, -0.2) is 0 Å². The van der Waals surface area contributed by atoms with Gasteiger partial charge < -0.3 is 16.0 Å². The quantitative estimate of drug-likeness (QED) is 0.482. The number of carbonyl (C=O) groups is 1. The lowest BCUT2D eigenvalue weighted by atomic mass is 9.81. The van der Waals surface area contributed by atoms with Crippen LogP contribution in [-0.4, -0.2) is 17.1 Å². The van der Waals surface area contributed by atoms with E-state index in [1.165, 1.54) is 0 Å². The Morgan fingerprint density at radius 3 is 2.92 bits per heavy atom. The SMILES string of the molecule is NC1Cc2c([nH]c3ccccc23)C2(N1)C(=O)Nc1ccc(Br)cc12. The summed E-state index contributed by atoms with van der Waals surface area (Å²) in [5.74, 6) is -0.0986. The number of nitrogens with one attached hydrogen (secondary N) is 3. The molecule has 5 rings (SSSR count). The molecule has 0 aliphatic carbocycles. The highest BCUT2D eigenvalue weighted by Gasteiger charge is 2.53. The summed E-state index contributed by atoms with van der Waals surface area (Å²) in [6.45, 7) is 0. The smallest absolute Gasteiger partial charge is 0.255 e. The molecule has 24 heavy (non-hydrogen) atoms. The zero-order valence-corrected chi connectivity index (χ0v) is 14.3. The molecule has 2 atom stereocenters. The number of benzene rings is 2. The first-order valence-electron chi connectivity index (χ1n) is 7.84. The van der Waals surface area contributed by atoms with Gasteiger partial charge in [-0.3, -0.25) is 10.1 Å². The van der Waals surface area contributed by atoms with Gasteiger partial charge >= 0.3 is 0 Å². The van der Waals surface area contributed by atoms with E-state index in [0.717, 1.165) is 37.9 Å². The summed E-state index contributed by atoms with van der Waals surface area (Å²) >= 11 is 3.52. The van der Waals surface area contributed by atoms with E-state index in [-0.39, 0.29) is 12.1 Å². The Hall–Kier alpha value is -2.15. The minimum absolute atomic E-state index is 0.0986. The summed E-state index contributed by atoms with van der Waals surface area (Å²) in [4.78, 5) is 16.5. The molecule has 3 heterocycles. The summed E-state index contributed by atoms with van der Waals surface area (Å²) < 4.78 is 0.927. The summed E-state index contributed by atoms with van der Waals surface area (Å²) in [5, 5.41) is 7.47. The monoisotopic (exact) mass is 382 g/mol. The third kappa shape index (κ3) is 1.68. The number of rotatable bonds is 0. The number of para-hydroxylation sites is 1. The van der Waals surface area contributed by atoms with Crippen LogP contribution in [-0.2, 0) is 16.8 Å². The predicted molar refractivity (Wildman–Crippen MR) is 96.7 cm³/mol. The van der Waals surface area contributed by atoms with Crippen LogP contribution < -0.4 is 16.4 Å². The van der Waals surface area contributed by atoms with Crippen LogP contribution in [0.25, 0.3) is 10.9 Å². The highest BCUT2D eigenvalue weighted by molar-refractivity contribution is 9.10. The molecule has 1 amide bonds. The molecule has 6 heteroatoms. The van der Waals surface area contributed by atoms with Gasteiger partial charge in [-0.1, -0.05) is 34.1 Å². The second kappa shape index (κ2) is 4.69. The maximum absolute atomic E-state index is 13.0. The lowest BCUT2D eigenvalue weighted by Gasteiger charge is -2.36. The van der Waals surface area contributed by atoms with Crippen LogP contribution in [0.15, 0.2) is 46.9 Å². The van der Waals surface area contributed by atoms with E-state index in [0.29, 0.717) is 6.42 Å². The van der Waals surface area contributed by atoms with E-state index in [1.54, 1.807) is 0 Å². The molecule has 0 bridgehead atoms. The van der Waals surface area contributed by atoms with Gasteiger partial charge in [-0.2, -0.15) is 0 Å². The van der Waals surface area contributed by atoms with Gasteiger partial charge in [0.1, 0.15) is 0 Å². The molecule has 3 aromatic rings. The van der Waals surface area contributed by atoms with Crippen molar-refractivity contribution in [2.24, 2.45) is 5.73 Å². The number of aromatic amines is 1. The minimum atomic E-state index is -0.981. The third-order valence-electron chi connectivity index (χ3n) is 4.99. The molecule has 0 saturated carbocycles. The molecule has 2 aliphatic rings. The summed E-state index contributed by atoms with van der Waals surface area (Å²) in [7, 11) is 0. The lowest BCUT2D eigenvalue weighted by Crippen LogP contribution is -2.60. The Morgan fingerprint density at radius 2 is 2.04 bits per heavy atom. The van der Waals surface area contributed by atoms with Crippen LogP contribution in [0.1, 0.15) is 16.8 Å². The topological polar surface area (TPSA) is 82.9 Å². The van der Waals surface area contributed by atoms with Gasteiger partial charge in [0.25, 0.3) is 5.91 Å². The van der Waals surface area contributed by atoms with Gasteiger partial charge in [0.15, 0.2) is 5.54 Å². The number of carbonyl (C=O) groups excluding carboxylic acids is 1. The lowest BCUT2D eigenvalue weighted by molar-refractivity contribution is -0.121. The van der Waals surface area contributed by atoms with Crippen LogP contribution in [0.3, 0.4) is 0 Å². The largest absolute Gasteiger partial charge is 0.356 e. The van der Waals surface area contributed by atoms with Crippen molar-refractivity contribution in [3.63, 3.8) is 0 Å². The number of H-pyrrole nitrogens is 1. The second-order valence-electron chi connectivity index (χ2n) is 6.37. The normalized spacial score (nSPS) is 24.9. The molecule has 0 fully saturated rings. The van der Waals surface area contributed by atoms with Crippen LogP contribution >= 0.6 is 15.9 Å². The van der Waals surface area contributed by atoms with Crippen LogP contribution in [0.4, 0.5) is 5.69 Å². The highest BCUT2D eigenvalue weighted by Crippen LogP contribution is 2.46. The van der Waals surface area contributed by atoms with Gasteiger partial charge in [0, 0.05) is 33.0 Å². The maximum Gasteiger partial charge on any atom is 0.255 e. The average molecular weight is 383 g/mol. The first kappa shape index (κ1) is 14.2. The summed E-state index contributed by atoms with van der Waals surface area (Å²) in [6.07, 6.45) is 0.380. The van der Waals surface area contributed by atoms with Crippen molar-refractivity contribution in [3.05, 3.63) is 63.8 Å². The molecule has 1 spiro atoms. The number of amides is 1. The number of anilines is 1. The summed E-state index contributed by atoms with van der Waals surface area (Å²) in [5.41, 5.74) is 10.0. The van der Waals surface area contributed by atoms with E-state index >= 15 is 0 Å². The molecular formula is C18H15BrN4O. The van der Waals surface area contributed by atoms with Gasteiger partial charge in [-0.05, 0) is 29.8 Å². The zero-order chi connectivity index (χ0) is 16.5. The molecule has 120 valence electrons. The van der Waals surface area contributed by atoms with E-state index in [9.17, 15) is 4.79 Å². The molecule has 0 saturated heterocycles.